The SMILES string of the molecule is N#CC1(c2ccccc2[P+](=O)O)CC1. The van der Waals surface area contributed by atoms with Crippen LogP contribution in [0.5, 0.6) is 0 Å². The van der Waals surface area contributed by atoms with Crippen LogP contribution in [0.1, 0.15) is 18.4 Å². The second kappa shape index (κ2) is 3.16. The molecule has 4 heteroatoms. The van der Waals surface area contributed by atoms with Crippen LogP contribution in [0, 0.1) is 11.3 Å². The summed E-state index contributed by atoms with van der Waals surface area (Å²) in [6, 6.07) is 9.13. The molecule has 1 saturated carbocycles. The Morgan fingerprint density at radius 3 is 2.57 bits per heavy atom. The van der Waals surface area contributed by atoms with E-state index in [1.165, 1.54) is 0 Å². The van der Waals surface area contributed by atoms with Gasteiger partial charge in [0.1, 0.15) is 0 Å². The van der Waals surface area contributed by atoms with Crippen LogP contribution in [0.25, 0.3) is 0 Å². The number of nitriles is 1. The molecule has 0 heterocycles. The second-order valence-electron chi connectivity index (χ2n) is 3.48. The van der Waals surface area contributed by atoms with Crippen LogP contribution in [-0.4, -0.2) is 4.89 Å². The van der Waals surface area contributed by atoms with E-state index in [1.54, 1.807) is 24.3 Å². The highest BCUT2D eigenvalue weighted by atomic mass is 31.1. The zero-order valence-corrected chi connectivity index (χ0v) is 8.37. The van der Waals surface area contributed by atoms with Gasteiger partial charge in [0.05, 0.1) is 11.5 Å². The van der Waals surface area contributed by atoms with Crippen LogP contribution >= 0.6 is 8.03 Å². The van der Waals surface area contributed by atoms with Gasteiger partial charge in [-0.15, -0.1) is 0 Å². The molecule has 0 spiro atoms. The van der Waals surface area contributed by atoms with Crippen molar-refractivity contribution in [3.05, 3.63) is 29.8 Å². The molecule has 1 atom stereocenters. The van der Waals surface area contributed by atoms with Gasteiger partial charge in [0, 0.05) is 5.56 Å². The van der Waals surface area contributed by atoms with Crippen LogP contribution in [0.2, 0.25) is 0 Å². The summed E-state index contributed by atoms with van der Waals surface area (Å²) in [6.07, 6.45) is 1.59. The molecule has 0 saturated heterocycles. The van der Waals surface area contributed by atoms with Crippen LogP contribution in [0.4, 0.5) is 0 Å². The maximum Gasteiger partial charge on any atom is 0.546 e. The molecule has 1 N–H and O–H groups in total. The first-order valence-corrected chi connectivity index (χ1v) is 5.58. The molecule has 1 aromatic rings. The van der Waals surface area contributed by atoms with Crippen molar-refractivity contribution in [2.45, 2.75) is 18.3 Å². The molecule has 0 aliphatic heterocycles. The lowest BCUT2D eigenvalue weighted by Gasteiger charge is -2.03. The quantitative estimate of drug-likeness (QED) is 0.747. The summed E-state index contributed by atoms with van der Waals surface area (Å²) in [4.78, 5) is 9.09. The zero-order valence-electron chi connectivity index (χ0n) is 7.47. The summed E-state index contributed by atoms with van der Waals surface area (Å²) in [7, 11) is -2.35. The number of rotatable bonds is 2. The van der Waals surface area contributed by atoms with Crippen molar-refractivity contribution in [2.75, 3.05) is 0 Å². The Morgan fingerprint density at radius 1 is 1.43 bits per heavy atom. The van der Waals surface area contributed by atoms with Crippen LogP contribution in [0.3, 0.4) is 0 Å². The van der Waals surface area contributed by atoms with Gasteiger partial charge in [-0.1, -0.05) is 18.2 Å². The summed E-state index contributed by atoms with van der Waals surface area (Å²) in [5, 5.41) is 9.39. The van der Waals surface area contributed by atoms with E-state index in [1.807, 2.05) is 0 Å². The van der Waals surface area contributed by atoms with Gasteiger partial charge in [0.2, 0.25) is 5.30 Å². The Bertz CT molecular complexity index is 432. The van der Waals surface area contributed by atoms with Gasteiger partial charge >= 0.3 is 8.03 Å². The van der Waals surface area contributed by atoms with Crippen molar-refractivity contribution in [1.29, 1.82) is 5.26 Å². The highest BCUT2D eigenvalue weighted by Crippen LogP contribution is 2.47. The monoisotopic (exact) mass is 206 g/mol. The van der Waals surface area contributed by atoms with Gasteiger partial charge < -0.3 is 0 Å². The van der Waals surface area contributed by atoms with Gasteiger partial charge in [-0.2, -0.15) is 10.2 Å². The predicted molar refractivity (Wildman–Crippen MR) is 52.4 cm³/mol. The normalized spacial score (nSPS) is 18.4. The van der Waals surface area contributed by atoms with E-state index in [2.05, 4.69) is 6.07 Å². The summed E-state index contributed by atoms with van der Waals surface area (Å²) in [5.41, 5.74) is 0.246. The lowest BCUT2D eigenvalue weighted by Crippen LogP contribution is -2.14. The minimum absolute atomic E-state index is 0.404. The minimum atomic E-state index is -2.35. The molecule has 0 bridgehead atoms. The van der Waals surface area contributed by atoms with Gasteiger partial charge in [0.25, 0.3) is 0 Å². The Hall–Kier alpha value is -1.23. The Morgan fingerprint density at radius 2 is 2.07 bits per heavy atom. The average Bonchev–Trinajstić information content (AvgIpc) is 2.98. The van der Waals surface area contributed by atoms with E-state index in [4.69, 9.17) is 10.2 Å². The van der Waals surface area contributed by atoms with E-state index < -0.39 is 13.4 Å². The lowest BCUT2D eigenvalue weighted by molar-refractivity contribution is 0.513. The van der Waals surface area contributed by atoms with E-state index in [0.29, 0.717) is 5.30 Å². The second-order valence-corrected chi connectivity index (χ2v) is 4.51. The highest BCUT2D eigenvalue weighted by Gasteiger charge is 2.49. The molecular weight excluding hydrogens is 197 g/mol. The number of nitrogens with zero attached hydrogens (tertiary/aromatic N) is 1. The Balaban J connectivity index is 2.54. The number of hydrogen-bond acceptors (Lipinski definition) is 2. The van der Waals surface area contributed by atoms with Gasteiger partial charge in [-0.25, -0.2) is 0 Å². The molecule has 0 radical (unpaired) electrons. The number of benzene rings is 1. The molecule has 1 fully saturated rings. The largest absolute Gasteiger partial charge is 0.546 e. The zero-order chi connectivity index (χ0) is 10.2. The van der Waals surface area contributed by atoms with Crippen molar-refractivity contribution in [1.82, 2.24) is 0 Å². The molecule has 1 aliphatic carbocycles. The first-order chi connectivity index (χ1) is 6.69. The standard InChI is InChI=1S/C10H8NO2P/c11-7-10(5-6-10)8-3-1-2-4-9(8)14(12)13/h1-4H,5-6H2/p+1. The van der Waals surface area contributed by atoms with Crippen molar-refractivity contribution < 1.29 is 9.46 Å². The molecule has 0 aromatic heterocycles. The van der Waals surface area contributed by atoms with Crippen molar-refractivity contribution in [3.63, 3.8) is 0 Å². The first kappa shape index (κ1) is 9.33. The van der Waals surface area contributed by atoms with Crippen molar-refractivity contribution >= 4 is 13.3 Å². The van der Waals surface area contributed by atoms with Crippen LogP contribution in [-0.2, 0) is 9.98 Å². The fourth-order valence-corrected chi connectivity index (χ4v) is 2.32. The average molecular weight is 206 g/mol. The summed E-state index contributed by atoms with van der Waals surface area (Å²) in [5.74, 6) is 0. The third-order valence-corrected chi connectivity index (χ3v) is 3.39. The van der Waals surface area contributed by atoms with Crippen molar-refractivity contribution in [2.24, 2.45) is 0 Å². The highest BCUT2D eigenvalue weighted by molar-refractivity contribution is 7.47. The van der Waals surface area contributed by atoms with Crippen LogP contribution in [0.15, 0.2) is 24.3 Å². The molecule has 1 aromatic carbocycles. The maximum atomic E-state index is 11.1. The minimum Gasteiger partial charge on any atom is -0.197 e. The summed E-state index contributed by atoms with van der Waals surface area (Å²) >= 11 is 0. The fraction of sp³-hybridized carbons (Fsp3) is 0.300. The molecular formula is C10H9NO2P+. The van der Waals surface area contributed by atoms with Crippen molar-refractivity contribution in [3.8, 4) is 6.07 Å². The Kier molecular flexibility index (Phi) is 2.11. The van der Waals surface area contributed by atoms with E-state index >= 15 is 0 Å². The number of hydrogen-bond donors (Lipinski definition) is 1. The first-order valence-electron chi connectivity index (χ1n) is 4.36. The van der Waals surface area contributed by atoms with E-state index in [9.17, 15) is 4.57 Å². The lowest BCUT2D eigenvalue weighted by atomic mass is 9.98. The van der Waals surface area contributed by atoms with E-state index in [0.717, 1.165) is 18.4 Å². The molecule has 0 amide bonds. The maximum absolute atomic E-state index is 11.1. The van der Waals surface area contributed by atoms with Gasteiger partial charge in [-0.05, 0) is 23.5 Å². The third-order valence-electron chi connectivity index (χ3n) is 2.59. The predicted octanol–water partition coefficient (Wildman–Crippen LogP) is 1.60. The summed E-state index contributed by atoms with van der Waals surface area (Å²) < 4.78 is 11.1. The molecule has 1 aliphatic rings. The topological polar surface area (TPSA) is 61.1 Å². The van der Waals surface area contributed by atoms with E-state index in [-0.39, 0.29) is 0 Å². The molecule has 70 valence electrons. The molecule has 2 rings (SSSR count). The van der Waals surface area contributed by atoms with Gasteiger partial charge in [-0.3, -0.25) is 0 Å². The smallest absolute Gasteiger partial charge is 0.197 e. The third kappa shape index (κ3) is 1.33. The molecule has 3 nitrogen and oxygen atoms in total. The molecule has 1 unspecified atom stereocenters. The fourth-order valence-electron chi connectivity index (χ4n) is 1.61. The Labute approximate surface area is 82.9 Å². The summed E-state index contributed by atoms with van der Waals surface area (Å²) in [6.45, 7) is 0. The van der Waals surface area contributed by atoms with Gasteiger partial charge in [0.15, 0.2) is 0 Å². The molecule has 14 heavy (non-hydrogen) atoms. The van der Waals surface area contributed by atoms with Crippen LogP contribution < -0.4 is 5.30 Å².